The third-order valence-corrected chi connectivity index (χ3v) is 7.24. The quantitative estimate of drug-likeness (QED) is 0.288. The van der Waals surface area contributed by atoms with Gasteiger partial charge in [-0.3, -0.25) is 9.78 Å². The van der Waals surface area contributed by atoms with Crippen LogP contribution in [0.4, 0.5) is 10.1 Å². The summed E-state index contributed by atoms with van der Waals surface area (Å²) in [5.74, 6) is -0.326. The first kappa shape index (κ1) is 25.8. The molecule has 38 heavy (non-hydrogen) atoms. The Morgan fingerprint density at radius 2 is 1.87 bits per heavy atom. The van der Waals surface area contributed by atoms with Crippen molar-refractivity contribution in [1.29, 1.82) is 0 Å². The minimum Gasteiger partial charge on any atom is -0.326 e. The molecule has 1 aliphatic carbocycles. The summed E-state index contributed by atoms with van der Waals surface area (Å²) in [5, 5.41) is 7.25. The molecule has 4 aromatic rings. The van der Waals surface area contributed by atoms with E-state index in [0.29, 0.717) is 36.0 Å². The molecule has 0 saturated heterocycles. The molecule has 8 heteroatoms. The highest BCUT2D eigenvalue weighted by atomic mass is 19.1. The number of nitrogens with zero attached hydrogens (tertiary/aromatic N) is 3. The van der Waals surface area contributed by atoms with E-state index in [1.807, 2.05) is 43.3 Å². The van der Waals surface area contributed by atoms with Crippen LogP contribution in [-0.2, 0) is 12.1 Å². The molecule has 0 spiro atoms. The average Bonchev–Trinajstić information content (AvgIpc) is 3.67. The molecular weight excluding hydrogens is 479 g/mol. The summed E-state index contributed by atoms with van der Waals surface area (Å²) in [6, 6.07) is 17.8. The standard InChI is InChI=1S/C30H33FN6O/c1-19-14-24(11-13-34-19)30(33,12-10-21-6-7-21)23-8-9-26(31)27(17-23)35-29(38)28-15-20(2)36-37(28)25-5-3-4-22(16-25)18-32/h3-5,8-9,11,13-17,21H,6-7,10,12,18,32-33H2,1-2H3,(H,35,38). The van der Waals surface area contributed by atoms with Crippen molar-refractivity contribution >= 4 is 11.6 Å². The number of amides is 1. The zero-order valence-corrected chi connectivity index (χ0v) is 21.7. The highest BCUT2D eigenvalue weighted by molar-refractivity contribution is 6.03. The van der Waals surface area contributed by atoms with Gasteiger partial charge in [0.1, 0.15) is 11.5 Å². The Balaban J connectivity index is 1.48. The summed E-state index contributed by atoms with van der Waals surface area (Å²) in [6.07, 6.45) is 5.88. The Hall–Kier alpha value is -3.88. The molecule has 2 aromatic carbocycles. The van der Waals surface area contributed by atoms with E-state index in [-0.39, 0.29) is 5.69 Å². The minimum absolute atomic E-state index is 0.0700. The molecule has 5 N–H and O–H groups in total. The molecule has 0 aliphatic heterocycles. The summed E-state index contributed by atoms with van der Waals surface area (Å²) in [6.45, 7) is 4.10. The van der Waals surface area contributed by atoms with Gasteiger partial charge in [0.25, 0.3) is 5.91 Å². The maximum atomic E-state index is 15.1. The number of nitrogens with two attached hydrogens (primary N) is 2. The van der Waals surface area contributed by atoms with Gasteiger partial charge in [0.05, 0.1) is 22.6 Å². The highest BCUT2D eigenvalue weighted by Gasteiger charge is 2.34. The number of rotatable bonds is 9. The van der Waals surface area contributed by atoms with Gasteiger partial charge in [-0.05, 0) is 91.8 Å². The van der Waals surface area contributed by atoms with Crippen LogP contribution < -0.4 is 16.8 Å². The first-order valence-corrected chi connectivity index (χ1v) is 13.0. The fraction of sp³-hybridized carbons (Fsp3) is 0.300. The number of carbonyl (C=O) groups is 1. The van der Waals surface area contributed by atoms with E-state index in [2.05, 4.69) is 15.4 Å². The van der Waals surface area contributed by atoms with Crippen molar-refractivity contribution < 1.29 is 9.18 Å². The Morgan fingerprint density at radius 3 is 2.61 bits per heavy atom. The van der Waals surface area contributed by atoms with Crippen LogP contribution in [0.1, 0.15) is 64.2 Å². The molecule has 0 bridgehead atoms. The lowest BCUT2D eigenvalue weighted by Gasteiger charge is -2.32. The second kappa shape index (κ2) is 10.5. The number of hydrogen-bond donors (Lipinski definition) is 3. The molecule has 0 radical (unpaired) electrons. The predicted octanol–water partition coefficient (Wildman–Crippen LogP) is 5.13. The monoisotopic (exact) mass is 512 g/mol. The number of hydrogen-bond acceptors (Lipinski definition) is 5. The van der Waals surface area contributed by atoms with E-state index in [1.54, 1.807) is 36.0 Å². The smallest absolute Gasteiger partial charge is 0.274 e. The van der Waals surface area contributed by atoms with Crippen LogP contribution in [0.25, 0.3) is 5.69 Å². The Kier molecular flexibility index (Phi) is 7.10. The third-order valence-electron chi connectivity index (χ3n) is 7.24. The van der Waals surface area contributed by atoms with Gasteiger partial charge in [-0.15, -0.1) is 0 Å². The van der Waals surface area contributed by atoms with Crippen LogP contribution in [0.3, 0.4) is 0 Å². The lowest BCUT2D eigenvalue weighted by Crippen LogP contribution is -2.38. The summed E-state index contributed by atoms with van der Waals surface area (Å²) in [5.41, 5.74) is 17.2. The molecule has 1 unspecified atom stereocenters. The van der Waals surface area contributed by atoms with Gasteiger partial charge in [-0.25, -0.2) is 9.07 Å². The van der Waals surface area contributed by atoms with Crippen LogP contribution in [-0.4, -0.2) is 20.7 Å². The Morgan fingerprint density at radius 1 is 1.08 bits per heavy atom. The zero-order valence-electron chi connectivity index (χ0n) is 21.7. The van der Waals surface area contributed by atoms with Gasteiger partial charge in [0.2, 0.25) is 0 Å². The first-order chi connectivity index (χ1) is 18.3. The Labute approximate surface area is 222 Å². The average molecular weight is 513 g/mol. The fourth-order valence-corrected chi connectivity index (χ4v) is 4.87. The minimum atomic E-state index is -0.843. The number of pyridine rings is 1. The summed E-state index contributed by atoms with van der Waals surface area (Å²) < 4.78 is 16.6. The van der Waals surface area contributed by atoms with E-state index in [9.17, 15) is 4.79 Å². The molecular formula is C30H33FN6O. The maximum absolute atomic E-state index is 15.1. The number of aryl methyl sites for hydroxylation is 2. The number of anilines is 1. The molecule has 196 valence electrons. The predicted molar refractivity (Wildman–Crippen MR) is 146 cm³/mol. The molecule has 1 atom stereocenters. The fourth-order valence-electron chi connectivity index (χ4n) is 4.87. The number of aromatic nitrogens is 3. The lowest BCUT2D eigenvalue weighted by molar-refractivity contribution is 0.101. The number of nitrogens with one attached hydrogen (secondary N) is 1. The van der Waals surface area contributed by atoms with Crippen molar-refractivity contribution in [2.24, 2.45) is 17.4 Å². The van der Waals surface area contributed by atoms with E-state index >= 15 is 4.39 Å². The highest BCUT2D eigenvalue weighted by Crippen LogP contribution is 2.40. The van der Waals surface area contributed by atoms with Crippen LogP contribution in [0, 0.1) is 25.6 Å². The van der Waals surface area contributed by atoms with E-state index < -0.39 is 17.3 Å². The summed E-state index contributed by atoms with van der Waals surface area (Å²) >= 11 is 0. The molecule has 1 fully saturated rings. The SMILES string of the molecule is Cc1cc(C(N)(CCC2CC2)c2ccc(F)c(NC(=O)c3cc(C)nn3-c3cccc(CN)c3)c2)ccn1. The third kappa shape index (κ3) is 5.37. The first-order valence-electron chi connectivity index (χ1n) is 13.0. The van der Waals surface area contributed by atoms with E-state index in [0.717, 1.165) is 28.8 Å². The molecule has 1 saturated carbocycles. The Bertz CT molecular complexity index is 1480. The second-order valence-corrected chi connectivity index (χ2v) is 10.2. The van der Waals surface area contributed by atoms with E-state index in [4.69, 9.17) is 11.5 Å². The zero-order chi connectivity index (χ0) is 26.9. The molecule has 2 aromatic heterocycles. The van der Waals surface area contributed by atoms with Gasteiger partial charge >= 0.3 is 0 Å². The van der Waals surface area contributed by atoms with Gasteiger partial charge < -0.3 is 16.8 Å². The van der Waals surface area contributed by atoms with Crippen molar-refractivity contribution in [3.63, 3.8) is 0 Å². The number of benzene rings is 2. The normalized spacial score (nSPS) is 14.8. The summed E-state index contributed by atoms with van der Waals surface area (Å²) in [4.78, 5) is 17.7. The lowest BCUT2D eigenvalue weighted by atomic mass is 9.79. The van der Waals surface area contributed by atoms with Crippen molar-refractivity contribution in [3.05, 3.63) is 106 Å². The number of halogens is 1. The molecule has 7 nitrogen and oxygen atoms in total. The number of carbonyl (C=O) groups excluding carboxylic acids is 1. The topological polar surface area (TPSA) is 112 Å². The van der Waals surface area contributed by atoms with Gasteiger partial charge in [0, 0.05) is 18.4 Å². The second-order valence-electron chi connectivity index (χ2n) is 10.2. The summed E-state index contributed by atoms with van der Waals surface area (Å²) in [7, 11) is 0. The van der Waals surface area contributed by atoms with Crippen LogP contribution in [0.2, 0.25) is 0 Å². The molecule has 1 aliphatic rings. The van der Waals surface area contributed by atoms with Gasteiger partial charge in [-0.1, -0.05) is 31.0 Å². The largest absolute Gasteiger partial charge is 0.326 e. The molecule has 2 heterocycles. The van der Waals surface area contributed by atoms with Crippen molar-refractivity contribution in [2.75, 3.05) is 5.32 Å². The van der Waals surface area contributed by atoms with Crippen molar-refractivity contribution in [1.82, 2.24) is 14.8 Å². The molecule has 5 rings (SSSR count). The van der Waals surface area contributed by atoms with Crippen LogP contribution in [0.15, 0.2) is 66.9 Å². The maximum Gasteiger partial charge on any atom is 0.274 e. The van der Waals surface area contributed by atoms with Gasteiger partial charge in [-0.2, -0.15) is 5.10 Å². The van der Waals surface area contributed by atoms with Crippen LogP contribution in [0.5, 0.6) is 0 Å². The van der Waals surface area contributed by atoms with Crippen molar-refractivity contribution in [2.45, 2.75) is 51.6 Å². The van der Waals surface area contributed by atoms with Crippen molar-refractivity contribution in [3.8, 4) is 5.69 Å². The van der Waals surface area contributed by atoms with Gasteiger partial charge in [0.15, 0.2) is 0 Å². The molecule has 1 amide bonds. The van der Waals surface area contributed by atoms with E-state index in [1.165, 1.54) is 18.9 Å². The van der Waals surface area contributed by atoms with Crippen LogP contribution >= 0.6 is 0 Å².